The molecule has 6 heteroatoms. The lowest BCUT2D eigenvalue weighted by molar-refractivity contribution is -0.143. The first kappa shape index (κ1) is 19.2. The summed E-state index contributed by atoms with van der Waals surface area (Å²) in [5.41, 5.74) is 2.42. The Morgan fingerprint density at radius 1 is 1.28 bits per heavy atom. The summed E-state index contributed by atoms with van der Waals surface area (Å²) in [6.07, 6.45) is 4.15. The number of esters is 1. The molecule has 0 atom stereocenters. The molecule has 1 aromatic heterocycles. The second-order valence-electron chi connectivity index (χ2n) is 7.02. The van der Waals surface area contributed by atoms with E-state index < -0.39 is 5.41 Å². The molecule has 0 fully saturated rings. The van der Waals surface area contributed by atoms with E-state index in [1.54, 1.807) is 17.1 Å². The normalized spacial score (nSPS) is 11.4. The van der Waals surface area contributed by atoms with Crippen molar-refractivity contribution in [3.63, 3.8) is 0 Å². The Hall–Kier alpha value is -2.14. The van der Waals surface area contributed by atoms with Crippen LogP contribution in [0.2, 0.25) is 5.02 Å². The van der Waals surface area contributed by atoms with Gasteiger partial charge in [0.05, 0.1) is 30.4 Å². The number of hydrogen-bond acceptors (Lipinski definition) is 4. The number of rotatable bonds is 7. The Bertz CT molecular complexity index is 781. The van der Waals surface area contributed by atoms with E-state index in [4.69, 9.17) is 16.3 Å². The zero-order valence-corrected chi connectivity index (χ0v) is 15.8. The number of aromatic nitrogens is 2. The highest BCUT2D eigenvalue weighted by atomic mass is 35.5. The van der Waals surface area contributed by atoms with E-state index in [9.17, 15) is 9.59 Å². The first-order valence-corrected chi connectivity index (χ1v) is 8.46. The molecule has 0 saturated heterocycles. The first-order valence-electron chi connectivity index (χ1n) is 8.09. The van der Waals surface area contributed by atoms with Gasteiger partial charge in [-0.3, -0.25) is 9.59 Å². The average molecular weight is 363 g/mol. The topological polar surface area (TPSA) is 61.2 Å². The molecule has 0 bridgehead atoms. The van der Waals surface area contributed by atoms with E-state index in [1.807, 2.05) is 39.0 Å². The van der Waals surface area contributed by atoms with Crippen LogP contribution in [0.3, 0.4) is 0 Å². The van der Waals surface area contributed by atoms with Gasteiger partial charge in [0, 0.05) is 19.0 Å². The van der Waals surface area contributed by atoms with Gasteiger partial charge in [0.1, 0.15) is 5.78 Å². The van der Waals surface area contributed by atoms with Gasteiger partial charge in [0.25, 0.3) is 0 Å². The molecule has 2 rings (SSSR count). The summed E-state index contributed by atoms with van der Waals surface area (Å²) in [5.74, 6) is -0.209. The minimum absolute atomic E-state index is 0.0904. The fourth-order valence-corrected chi connectivity index (χ4v) is 2.90. The van der Waals surface area contributed by atoms with Crippen molar-refractivity contribution in [3.8, 4) is 5.69 Å². The fraction of sp³-hybridized carbons (Fsp3) is 0.421. The number of aryl methyl sites for hydroxylation is 1. The van der Waals surface area contributed by atoms with Gasteiger partial charge in [-0.1, -0.05) is 31.5 Å². The zero-order chi connectivity index (χ0) is 18.6. The molecule has 2 aromatic rings. The third-order valence-corrected chi connectivity index (χ3v) is 4.26. The SMILES string of the molecule is COC(=O)CC(C)(C)CC(=O)Cc1cc(-n2cc(Cl)cn2)ccc1C. The summed E-state index contributed by atoms with van der Waals surface area (Å²) >= 11 is 5.92. The minimum Gasteiger partial charge on any atom is -0.469 e. The van der Waals surface area contributed by atoms with Crippen molar-refractivity contribution >= 4 is 23.4 Å². The van der Waals surface area contributed by atoms with Gasteiger partial charge in [0.15, 0.2) is 0 Å². The Morgan fingerprint density at radius 3 is 2.60 bits per heavy atom. The second-order valence-corrected chi connectivity index (χ2v) is 7.46. The van der Waals surface area contributed by atoms with Gasteiger partial charge in [-0.15, -0.1) is 0 Å². The fourth-order valence-electron chi connectivity index (χ4n) is 2.77. The van der Waals surface area contributed by atoms with E-state index in [1.165, 1.54) is 7.11 Å². The largest absolute Gasteiger partial charge is 0.469 e. The highest BCUT2D eigenvalue weighted by Crippen LogP contribution is 2.27. The molecule has 0 unspecified atom stereocenters. The number of ketones is 1. The summed E-state index contributed by atoms with van der Waals surface area (Å²) in [6.45, 7) is 5.77. The quantitative estimate of drug-likeness (QED) is 0.700. The molecule has 0 aliphatic carbocycles. The van der Waals surface area contributed by atoms with Gasteiger partial charge in [-0.25, -0.2) is 4.68 Å². The van der Waals surface area contributed by atoms with Crippen molar-refractivity contribution in [1.29, 1.82) is 0 Å². The summed E-state index contributed by atoms with van der Waals surface area (Å²) in [7, 11) is 1.36. The van der Waals surface area contributed by atoms with Gasteiger partial charge in [0.2, 0.25) is 0 Å². The number of Topliss-reactive ketones (excluding diaryl/α,β-unsaturated/α-hetero) is 1. The van der Waals surface area contributed by atoms with Crippen molar-refractivity contribution in [3.05, 3.63) is 46.7 Å². The second kappa shape index (κ2) is 7.83. The summed E-state index contributed by atoms with van der Waals surface area (Å²) in [5, 5.41) is 4.74. The molecule has 25 heavy (non-hydrogen) atoms. The molecule has 134 valence electrons. The number of hydrogen-bond donors (Lipinski definition) is 0. The standard InChI is InChI=1S/C19H23ClN2O3/c1-13-5-6-16(22-12-15(20)11-21-22)7-14(13)8-17(23)9-19(2,3)10-18(24)25-4/h5-7,11-12H,8-10H2,1-4H3. The lowest BCUT2D eigenvalue weighted by atomic mass is 9.82. The number of carbonyl (C=O) groups excluding carboxylic acids is 2. The van der Waals surface area contributed by atoms with Gasteiger partial charge in [-0.2, -0.15) is 5.10 Å². The zero-order valence-electron chi connectivity index (χ0n) is 15.0. The summed E-state index contributed by atoms with van der Waals surface area (Å²) < 4.78 is 6.38. The molecule has 0 saturated carbocycles. The van der Waals surface area contributed by atoms with Crippen LogP contribution < -0.4 is 0 Å². The molecule has 0 radical (unpaired) electrons. The monoisotopic (exact) mass is 362 g/mol. The number of halogens is 1. The number of methoxy groups -OCH3 is 1. The van der Waals surface area contributed by atoms with Gasteiger partial charge in [-0.05, 0) is 35.6 Å². The van der Waals surface area contributed by atoms with Crippen LogP contribution in [0, 0.1) is 12.3 Å². The maximum Gasteiger partial charge on any atom is 0.306 e. The van der Waals surface area contributed by atoms with E-state index >= 15 is 0 Å². The number of nitrogens with zero attached hydrogens (tertiary/aromatic N) is 2. The lowest BCUT2D eigenvalue weighted by Crippen LogP contribution is -2.23. The van der Waals surface area contributed by atoms with Crippen molar-refractivity contribution in [2.75, 3.05) is 7.11 Å². The van der Waals surface area contributed by atoms with Crippen LogP contribution in [0.5, 0.6) is 0 Å². The van der Waals surface area contributed by atoms with Crippen LogP contribution >= 0.6 is 11.6 Å². The number of benzene rings is 1. The predicted octanol–water partition coefficient (Wildman–Crippen LogP) is 3.93. The van der Waals surface area contributed by atoms with Crippen LogP contribution in [0.1, 0.15) is 37.8 Å². The Balaban J connectivity index is 2.11. The van der Waals surface area contributed by atoms with E-state index in [0.717, 1.165) is 16.8 Å². The number of ether oxygens (including phenoxy) is 1. The molecule has 1 aromatic carbocycles. The van der Waals surface area contributed by atoms with Crippen LogP contribution in [0.4, 0.5) is 0 Å². The third-order valence-electron chi connectivity index (χ3n) is 4.06. The lowest BCUT2D eigenvalue weighted by Gasteiger charge is -2.22. The smallest absolute Gasteiger partial charge is 0.306 e. The number of carbonyl (C=O) groups is 2. The maximum atomic E-state index is 12.5. The van der Waals surface area contributed by atoms with Crippen molar-refractivity contribution in [2.45, 2.75) is 40.0 Å². The Kier molecular flexibility index (Phi) is 6.01. The molecule has 0 aliphatic rings. The molecule has 0 spiro atoms. The molecule has 0 aliphatic heterocycles. The van der Waals surface area contributed by atoms with E-state index in [2.05, 4.69) is 5.10 Å². The molecular weight excluding hydrogens is 340 g/mol. The molecule has 5 nitrogen and oxygen atoms in total. The van der Waals surface area contributed by atoms with Crippen LogP contribution in [-0.4, -0.2) is 28.6 Å². The minimum atomic E-state index is -0.425. The van der Waals surface area contributed by atoms with E-state index in [0.29, 0.717) is 17.9 Å². The first-order chi connectivity index (χ1) is 11.7. The Labute approximate surface area is 152 Å². The van der Waals surface area contributed by atoms with E-state index in [-0.39, 0.29) is 18.2 Å². The maximum absolute atomic E-state index is 12.5. The highest BCUT2D eigenvalue weighted by molar-refractivity contribution is 6.30. The van der Waals surface area contributed by atoms with Gasteiger partial charge >= 0.3 is 5.97 Å². The average Bonchev–Trinajstić information content (AvgIpc) is 2.94. The van der Waals surface area contributed by atoms with Crippen LogP contribution in [0.15, 0.2) is 30.6 Å². The van der Waals surface area contributed by atoms with Gasteiger partial charge < -0.3 is 4.74 Å². The van der Waals surface area contributed by atoms with Crippen molar-refractivity contribution in [2.24, 2.45) is 5.41 Å². The molecular formula is C19H23ClN2O3. The highest BCUT2D eigenvalue weighted by Gasteiger charge is 2.26. The van der Waals surface area contributed by atoms with Crippen molar-refractivity contribution < 1.29 is 14.3 Å². The summed E-state index contributed by atoms with van der Waals surface area (Å²) in [6, 6.07) is 5.85. The Morgan fingerprint density at radius 2 is 2.00 bits per heavy atom. The summed E-state index contributed by atoms with van der Waals surface area (Å²) in [4.78, 5) is 24.0. The predicted molar refractivity (Wildman–Crippen MR) is 97.1 cm³/mol. The van der Waals surface area contributed by atoms with Crippen LogP contribution in [-0.2, 0) is 20.7 Å². The molecule has 0 N–H and O–H groups in total. The third kappa shape index (κ3) is 5.43. The molecule has 1 heterocycles. The van der Waals surface area contributed by atoms with Crippen molar-refractivity contribution in [1.82, 2.24) is 9.78 Å². The van der Waals surface area contributed by atoms with Crippen LogP contribution in [0.25, 0.3) is 5.69 Å². The molecule has 0 amide bonds.